The quantitative estimate of drug-likeness (QED) is 0.319. The smallest absolute Gasteiger partial charge is 0.227 e. The zero-order chi connectivity index (χ0) is 20.2. The Balaban J connectivity index is 1.75. The van der Waals surface area contributed by atoms with Gasteiger partial charge in [0, 0.05) is 11.1 Å². The predicted molar refractivity (Wildman–Crippen MR) is 121 cm³/mol. The standard InChI is InChI=1S/C28H21NO/c1-5-13-21(14-6-1)25(22-15-7-2-8-16-22)26-27(23-17-9-3-10-18-23)30-28(29-26)24-19-11-4-12-20-24/h1-20,25H. The van der Waals surface area contributed by atoms with Gasteiger partial charge in [0.25, 0.3) is 0 Å². The highest BCUT2D eigenvalue weighted by molar-refractivity contribution is 5.67. The van der Waals surface area contributed by atoms with E-state index < -0.39 is 0 Å². The fraction of sp³-hybridized carbons (Fsp3) is 0.0357. The third-order valence-electron chi connectivity index (χ3n) is 5.25. The fourth-order valence-electron chi connectivity index (χ4n) is 3.83. The molecule has 0 atom stereocenters. The molecule has 0 N–H and O–H groups in total. The second kappa shape index (κ2) is 8.22. The maximum atomic E-state index is 6.40. The van der Waals surface area contributed by atoms with Gasteiger partial charge in [0.2, 0.25) is 5.89 Å². The van der Waals surface area contributed by atoms with Crippen LogP contribution in [0.15, 0.2) is 126 Å². The Morgan fingerprint density at radius 3 is 1.43 bits per heavy atom. The van der Waals surface area contributed by atoms with Gasteiger partial charge >= 0.3 is 0 Å². The van der Waals surface area contributed by atoms with Crippen molar-refractivity contribution in [1.29, 1.82) is 0 Å². The van der Waals surface area contributed by atoms with E-state index in [9.17, 15) is 0 Å². The monoisotopic (exact) mass is 387 g/mol. The Bertz CT molecular complexity index is 1170. The molecule has 0 unspecified atom stereocenters. The van der Waals surface area contributed by atoms with Crippen LogP contribution in [0, 0.1) is 0 Å². The molecule has 5 rings (SSSR count). The van der Waals surface area contributed by atoms with E-state index in [2.05, 4.69) is 60.7 Å². The Hall–Kier alpha value is -3.91. The molecule has 0 saturated heterocycles. The number of benzene rings is 4. The first-order valence-corrected chi connectivity index (χ1v) is 10.1. The van der Waals surface area contributed by atoms with Gasteiger partial charge < -0.3 is 4.42 Å². The highest BCUT2D eigenvalue weighted by Gasteiger charge is 2.26. The minimum atomic E-state index is -0.0242. The van der Waals surface area contributed by atoms with Crippen LogP contribution in [0.4, 0.5) is 0 Å². The molecule has 4 aromatic carbocycles. The van der Waals surface area contributed by atoms with E-state index in [4.69, 9.17) is 9.40 Å². The van der Waals surface area contributed by atoms with Gasteiger partial charge in [-0.2, -0.15) is 0 Å². The molecule has 0 spiro atoms. The summed E-state index contributed by atoms with van der Waals surface area (Å²) < 4.78 is 6.40. The van der Waals surface area contributed by atoms with Crippen molar-refractivity contribution in [2.45, 2.75) is 5.92 Å². The third kappa shape index (κ3) is 3.56. The van der Waals surface area contributed by atoms with E-state index in [0.717, 1.165) is 22.6 Å². The summed E-state index contributed by atoms with van der Waals surface area (Å²) in [5, 5.41) is 0. The van der Waals surface area contributed by atoms with Gasteiger partial charge in [0.15, 0.2) is 5.76 Å². The lowest BCUT2D eigenvalue weighted by molar-refractivity contribution is 0.587. The van der Waals surface area contributed by atoms with E-state index in [1.165, 1.54) is 11.1 Å². The van der Waals surface area contributed by atoms with Gasteiger partial charge in [-0.15, -0.1) is 0 Å². The highest BCUT2D eigenvalue weighted by Crippen LogP contribution is 2.39. The summed E-state index contributed by atoms with van der Waals surface area (Å²) in [6.45, 7) is 0. The Kier molecular flexibility index (Phi) is 4.97. The van der Waals surface area contributed by atoms with Crippen molar-refractivity contribution in [2.75, 3.05) is 0 Å². The van der Waals surface area contributed by atoms with Gasteiger partial charge in [0.05, 0.1) is 11.6 Å². The van der Waals surface area contributed by atoms with Gasteiger partial charge in [-0.05, 0) is 23.3 Å². The van der Waals surface area contributed by atoms with Crippen molar-refractivity contribution < 1.29 is 4.42 Å². The third-order valence-corrected chi connectivity index (χ3v) is 5.25. The van der Waals surface area contributed by atoms with Crippen LogP contribution >= 0.6 is 0 Å². The van der Waals surface area contributed by atoms with Gasteiger partial charge in [0.1, 0.15) is 0 Å². The normalized spacial score (nSPS) is 11.0. The SMILES string of the molecule is c1ccc(-c2nc(C(c3ccccc3)c3ccccc3)c(-c3ccccc3)o2)cc1. The summed E-state index contributed by atoms with van der Waals surface area (Å²) >= 11 is 0. The van der Waals surface area contributed by atoms with Crippen molar-refractivity contribution in [3.05, 3.63) is 138 Å². The summed E-state index contributed by atoms with van der Waals surface area (Å²) in [7, 11) is 0. The van der Waals surface area contributed by atoms with Crippen LogP contribution in [0.25, 0.3) is 22.8 Å². The number of nitrogens with zero attached hydrogens (tertiary/aromatic N) is 1. The lowest BCUT2D eigenvalue weighted by Gasteiger charge is -2.17. The molecule has 30 heavy (non-hydrogen) atoms. The molecule has 0 radical (unpaired) electrons. The predicted octanol–water partition coefficient (Wildman–Crippen LogP) is 7.19. The number of hydrogen-bond acceptors (Lipinski definition) is 2. The molecule has 2 heteroatoms. The minimum Gasteiger partial charge on any atom is -0.436 e. The van der Waals surface area contributed by atoms with Crippen molar-refractivity contribution in [3.8, 4) is 22.8 Å². The number of aromatic nitrogens is 1. The number of hydrogen-bond donors (Lipinski definition) is 0. The lowest BCUT2D eigenvalue weighted by atomic mass is 9.87. The second-order valence-corrected chi connectivity index (χ2v) is 7.22. The first kappa shape index (κ1) is 18.1. The molecule has 2 nitrogen and oxygen atoms in total. The topological polar surface area (TPSA) is 26.0 Å². The molecule has 0 bridgehead atoms. The van der Waals surface area contributed by atoms with Crippen LogP contribution in [-0.4, -0.2) is 4.98 Å². The summed E-state index contributed by atoms with van der Waals surface area (Å²) in [5.74, 6) is 1.43. The highest BCUT2D eigenvalue weighted by atomic mass is 16.4. The van der Waals surface area contributed by atoms with Crippen LogP contribution in [0.1, 0.15) is 22.7 Å². The summed E-state index contributed by atoms with van der Waals surface area (Å²) in [5.41, 5.74) is 5.31. The zero-order valence-electron chi connectivity index (χ0n) is 16.5. The molecule has 0 amide bonds. The molecule has 144 valence electrons. The Morgan fingerprint density at radius 1 is 0.500 bits per heavy atom. The molecule has 0 saturated carbocycles. The van der Waals surface area contributed by atoms with Crippen molar-refractivity contribution in [1.82, 2.24) is 4.98 Å². The molecule has 0 aliphatic rings. The molecule has 5 aromatic rings. The maximum absolute atomic E-state index is 6.40. The summed E-state index contributed by atoms with van der Waals surface area (Å²) in [6.07, 6.45) is 0. The number of rotatable bonds is 5. The molecule has 1 aromatic heterocycles. The van der Waals surface area contributed by atoms with Crippen molar-refractivity contribution >= 4 is 0 Å². The average Bonchev–Trinajstić information content (AvgIpc) is 3.27. The van der Waals surface area contributed by atoms with Gasteiger partial charge in [-0.1, -0.05) is 109 Å². The van der Waals surface area contributed by atoms with Crippen molar-refractivity contribution in [2.24, 2.45) is 0 Å². The number of oxazole rings is 1. The van der Waals surface area contributed by atoms with Crippen LogP contribution in [0.3, 0.4) is 0 Å². The van der Waals surface area contributed by atoms with E-state index in [1.54, 1.807) is 0 Å². The molecule has 0 fully saturated rings. The zero-order valence-corrected chi connectivity index (χ0v) is 16.5. The van der Waals surface area contributed by atoms with E-state index in [0.29, 0.717) is 5.89 Å². The fourth-order valence-corrected chi connectivity index (χ4v) is 3.83. The average molecular weight is 387 g/mol. The summed E-state index contributed by atoms with van der Waals surface area (Å²) in [4.78, 5) is 5.04. The van der Waals surface area contributed by atoms with E-state index >= 15 is 0 Å². The molecular formula is C28H21NO. The van der Waals surface area contributed by atoms with E-state index in [-0.39, 0.29) is 5.92 Å². The van der Waals surface area contributed by atoms with Crippen LogP contribution in [0.5, 0.6) is 0 Å². The second-order valence-electron chi connectivity index (χ2n) is 7.22. The van der Waals surface area contributed by atoms with Crippen LogP contribution in [-0.2, 0) is 0 Å². The van der Waals surface area contributed by atoms with Gasteiger partial charge in [-0.3, -0.25) is 0 Å². The van der Waals surface area contributed by atoms with Crippen molar-refractivity contribution in [3.63, 3.8) is 0 Å². The molecule has 0 aliphatic carbocycles. The Labute approximate surface area is 176 Å². The first-order valence-electron chi connectivity index (χ1n) is 10.1. The minimum absolute atomic E-state index is 0.0242. The van der Waals surface area contributed by atoms with Crippen LogP contribution in [0.2, 0.25) is 0 Å². The Morgan fingerprint density at radius 2 is 0.933 bits per heavy atom. The summed E-state index contributed by atoms with van der Waals surface area (Å²) in [6, 6.07) is 41.3. The maximum Gasteiger partial charge on any atom is 0.227 e. The molecule has 1 heterocycles. The largest absolute Gasteiger partial charge is 0.436 e. The first-order chi connectivity index (χ1) is 14.9. The van der Waals surface area contributed by atoms with E-state index in [1.807, 2.05) is 60.7 Å². The van der Waals surface area contributed by atoms with Crippen LogP contribution < -0.4 is 0 Å². The lowest BCUT2D eigenvalue weighted by Crippen LogP contribution is -2.05. The molecule has 0 aliphatic heterocycles. The molecular weight excluding hydrogens is 366 g/mol. The van der Waals surface area contributed by atoms with Gasteiger partial charge in [-0.25, -0.2) is 4.98 Å².